The number of hydrogen-bond donors (Lipinski definition) is 2. The summed E-state index contributed by atoms with van der Waals surface area (Å²) in [7, 11) is 0. The van der Waals surface area contributed by atoms with E-state index in [4.69, 9.17) is 11.6 Å². The normalized spacial score (nSPS) is 13.2. The van der Waals surface area contributed by atoms with Crippen LogP contribution in [0.3, 0.4) is 0 Å². The third-order valence-electron chi connectivity index (χ3n) is 2.94. The number of alkyl halides is 1. The van der Waals surface area contributed by atoms with Crippen LogP contribution in [0.1, 0.15) is 43.6 Å². The molecular weight excluding hydrogens is 262 g/mol. The van der Waals surface area contributed by atoms with Crippen molar-refractivity contribution in [3.8, 4) is 0 Å². The summed E-state index contributed by atoms with van der Waals surface area (Å²) in [6.07, 6.45) is -0.582. The monoisotopic (exact) mass is 283 g/mol. The average molecular weight is 284 g/mol. The van der Waals surface area contributed by atoms with Crippen LogP contribution in [-0.4, -0.2) is 29.4 Å². The van der Waals surface area contributed by atoms with E-state index < -0.39 is 6.10 Å². The number of rotatable bonds is 5. The molecule has 0 bridgehead atoms. The van der Waals surface area contributed by atoms with E-state index in [2.05, 4.69) is 26.1 Å². The van der Waals surface area contributed by atoms with Gasteiger partial charge in [-0.25, -0.2) is 0 Å². The molecule has 4 heteroatoms. The largest absolute Gasteiger partial charge is 0.390 e. The third kappa shape index (κ3) is 4.51. The molecule has 1 atom stereocenters. The van der Waals surface area contributed by atoms with Gasteiger partial charge in [0, 0.05) is 17.8 Å². The van der Waals surface area contributed by atoms with Gasteiger partial charge < -0.3 is 10.4 Å². The molecule has 0 heterocycles. The summed E-state index contributed by atoms with van der Waals surface area (Å²) in [4.78, 5) is 11.5. The number of benzene rings is 1. The maximum Gasteiger partial charge on any atom is 0.159 e. The van der Waals surface area contributed by atoms with Gasteiger partial charge in [0.15, 0.2) is 5.78 Å². The molecule has 0 aromatic heterocycles. The Labute approximate surface area is 120 Å². The average Bonchev–Trinajstić information content (AvgIpc) is 2.34. The highest BCUT2D eigenvalue weighted by molar-refractivity contribution is 6.18. The number of carbonyl (C=O) groups excluding carboxylic acids is 1. The number of aliphatic hydroxyl groups excluding tert-OH is 1. The second kappa shape index (κ2) is 6.40. The van der Waals surface area contributed by atoms with Crippen molar-refractivity contribution in [3.05, 3.63) is 29.3 Å². The van der Waals surface area contributed by atoms with E-state index in [1.54, 1.807) is 13.0 Å². The first-order chi connectivity index (χ1) is 8.75. The lowest BCUT2D eigenvalue weighted by atomic mass is 9.84. The fraction of sp³-hybridized carbons (Fsp3) is 0.533. The van der Waals surface area contributed by atoms with E-state index in [9.17, 15) is 9.90 Å². The van der Waals surface area contributed by atoms with Crippen molar-refractivity contribution in [2.24, 2.45) is 0 Å². The van der Waals surface area contributed by atoms with Gasteiger partial charge in [-0.05, 0) is 36.1 Å². The number of anilines is 1. The lowest BCUT2D eigenvalue weighted by molar-refractivity contribution is 0.101. The van der Waals surface area contributed by atoms with Crippen molar-refractivity contribution in [2.45, 2.75) is 39.2 Å². The molecule has 0 aliphatic carbocycles. The van der Waals surface area contributed by atoms with Gasteiger partial charge in [0.05, 0.1) is 12.0 Å². The van der Waals surface area contributed by atoms with Gasteiger partial charge >= 0.3 is 0 Å². The molecule has 0 spiro atoms. The maximum atomic E-state index is 11.5. The van der Waals surface area contributed by atoms with E-state index >= 15 is 0 Å². The Hall–Kier alpha value is -1.06. The molecule has 0 fully saturated rings. The van der Waals surface area contributed by atoms with Gasteiger partial charge in [-0.1, -0.05) is 20.8 Å². The van der Waals surface area contributed by atoms with Crippen LogP contribution in [0.25, 0.3) is 0 Å². The second-order valence-corrected chi connectivity index (χ2v) is 6.06. The number of nitrogens with one attached hydrogen (secondary N) is 1. The van der Waals surface area contributed by atoms with E-state index in [0.717, 1.165) is 11.3 Å². The number of hydrogen-bond acceptors (Lipinski definition) is 3. The Bertz CT molecular complexity index is 452. The fourth-order valence-corrected chi connectivity index (χ4v) is 1.93. The number of halogens is 1. The minimum atomic E-state index is -0.582. The van der Waals surface area contributed by atoms with Gasteiger partial charge in [-0.15, -0.1) is 11.6 Å². The van der Waals surface area contributed by atoms with Crippen molar-refractivity contribution in [1.29, 1.82) is 0 Å². The van der Waals surface area contributed by atoms with Crippen molar-refractivity contribution >= 4 is 23.1 Å². The SMILES string of the molecule is CC(=O)c1ccc(NCC(O)CCl)c(C(C)(C)C)c1. The van der Waals surface area contributed by atoms with Gasteiger partial charge in [-0.2, -0.15) is 0 Å². The predicted molar refractivity (Wildman–Crippen MR) is 80.4 cm³/mol. The Morgan fingerprint density at radius 2 is 2.05 bits per heavy atom. The number of aliphatic hydroxyl groups is 1. The van der Waals surface area contributed by atoms with Crippen LogP contribution in [0.15, 0.2) is 18.2 Å². The number of ketones is 1. The molecule has 0 saturated heterocycles. The quantitative estimate of drug-likeness (QED) is 0.644. The molecule has 106 valence electrons. The Morgan fingerprint density at radius 3 is 2.53 bits per heavy atom. The molecule has 1 aromatic carbocycles. The van der Waals surface area contributed by atoms with E-state index in [1.165, 1.54) is 0 Å². The van der Waals surface area contributed by atoms with Gasteiger partial charge in [0.1, 0.15) is 0 Å². The second-order valence-electron chi connectivity index (χ2n) is 5.76. The van der Waals surface area contributed by atoms with Crippen molar-refractivity contribution in [1.82, 2.24) is 0 Å². The molecule has 1 rings (SSSR count). The Kier molecular flexibility index (Phi) is 5.39. The lowest BCUT2D eigenvalue weighted by Gasteiger charge is -2.24. The molecule has 0 radical (unpaired) electrons. The van der Waals surface area contributed by atoms with Crippen LogP contribution < -0.4 is 5.32 Å². The van der Waals surface area contributed by atoms with Crippen molar-refractivity contribution in [2.75, 3.05) is 17.7 Å². The first-order valence-electron chi connectivity index (χ1n) is 6.39. The van der Waals surface area contributed by atoms with Crippen molar-refractivity contribution in [3.63, 3.8) is 0 Å². The van der Waals surface area contributed by atoms with Gasteiger partial charge in [0.25, 0.3) is 0 Å². The van der Waals surface area contributed by atoms with Crippen molar-refractivity contribution < 1.29 is 9.90 Å². The topological polar surface area (TPSA) is 49.3 Å². The van der Waals surface area contributed by atoms with E-state index in [1.807, 2.05) is 12.1 Å². The summed E-state index contributed by atoms with van der Waals surface area (Å²) < 4.78 is 0. The van der Waals surface area contributed by atoms with Crippen LogP contribution in [0.4, 0.5) is 5.69 Å². The summed E-state index contributed by atoms with van der Waals surface area (Å²) >= 11 is 5.58. The smallest absolute Gasteiger partial charge is 0.159 e. The minimum Gasteiger partial charge on any atom is -0.390 e. The molecule has 0 aliphatic heterocycles. The summed E-state index contributed by atoms with van der Waals surface area (Å²) in [6.45, 7) is 8.23. The number of carbonyl (C=O) groups is 1. The summed E-state index contributed by atoms with van der Waals surface area (Å²) in [5, 5.41) is 12.7. The fourth-order valence-electron chi connectivity index (χ4n) is 1.82. The molecule has 3 nitrogen and oxygen atoms in total. The zero-order valence-corrected chi connectivity index (χ0v) is 12.7. The minimum absolute atomic E-state index is 0.0536. The molecule has 0 amide bonds. The van der Waals surface area contributed by atoms with Crippen LogP contribution >= 0.6 is 11.6 Å². The first-order valence-corrected chi connectivity index (χ1v) is 6.92. The zero-order chi connectivity index (χ0) is 14.6. The first kappa shape index (κ1) is 16.0. The van der Waals surface area contributed by atoms with E-state index in [0.29, 0.717) is 12.1 Å². The molecular formula is C15H22ClNO2. The van der Waals surface area contributed by atoms with Crippen LogP contribution in [0.5, 0.6) is 0 Å². The predicted octanol–water partition coefficient (Wildman–Crippen LogP) is 3.20. The molecule has 0 saturated carbocycles. The van der Waals surface area contributed by atoms with Crippen LogP contribution in [-0.2, 0) is 5.41 Å². The molecule has 0 aliphatic rings. The lowest BCUT2D eigenvalue weighted by Crippen LogP contribution is -2.23. The highest BCUT2D eigenvalue weighted by Gasteiger charge is 2.19. The molecule has 19 heavy (non-hydrogen) atoms. The standard InChI is InChI=1S/C15H22ClNO2/c1-10(18)11-5-6-14(17-9-12(19)8-16)13(7-11)15(2,3)4/h5-7,12,17,19H,8-9H2,1-4H3. The highest BCUT2D eigenvalue weighted by atomic mass is 35.5. The van der Waals surface area contributed by atoms with Crippen LogP contribution in [0.2, 0.25) is 0 Å². The summed E-state index contributed by atoms with van der Waals surface area (Å²) in [5.74, 6) is 0.251. The molecule has 2 N–H and O–H groups in total. The van der Waals surface area contributed by atoms with Crippen LogP contribution in [0, 0.1) is 0 Å². The third-order valence-corrected chi connectivity index (χ3v) is 3.30. The van der Waals surface area contributed by atoms with Gasteiger partial charge in [-0.3, -0.25) is 4.79 Å². The molecule has 1 aromatic rings. The maximum absolute atomic E-state index is 11.5. The summed E-state index contributed by atoms with van der Waals surface area (Å²) in [5.41, 5.74) is 2.61. The Balaban J connectivity index is 3.06. The van der Waals surface area contributed by atoms with E-state index in [-0.39, 0.29) is 17.1 Å². The highest BCUT2D eigenvalue weighted by Crippen LogP contribution is 2.30. The zero-order valence-electron chi connectivity index (χ0n) is 12.0. The van der Waals surface area contributed by atoms with Gasteiger partial charge in [0.2, 0.25) is 0 Å². The Morgan fingerprint density at radius 1 is 1.42 bits per heavy atom. The number of Topliss-reactive ketones (excluding diaryl/α,β-unsaturated/α-hetero) is 1. The molecule has 1 unspecified atom stereocenters. The summed E-state index contributed by atoms with van der Waals surface area (Å²) in [6, 6.07) is 5.60.